The summed E-state index contributed by atoms with van der Waals surface area (Å²) < 4.78 is 14.3. The van der Waals surface area contributed by atoms with Gasteiger partial charge in [0.1, 0.15) is 5.82 Å². The molecule has 0 spiro atoms. The summed E-state index contributed by atoms with van der Waals surface area (Å²) in [5.41, 5.74) is 0.132. The highest BCUT2D eigenvalue weighted by atomic mass is 79.9. The Labute approximate surface area is 123 Å². The molecule has 0 unspecified atom stereocenters. The topological polar surface area (TPSA) is 20.3 Å². The lowest BCUT2D eigenvalue weighted by atomic mass is 10.1. The minimum atomic E-state index is -0.472. The van der Waals surface area contributed by atoms with Crippen LogP contribution in [-0.2, 0) is 0 Å². The van der Waals surface area contributed by atoms with Gasteiger partial charge in [0.25, 0.3) is 5.91 Å². The number of nitrogens with zero attached hydrogens (tertiary/aromatic N) is 1. The van der Waals surface area contributed by atoms with Gasteiger partial charge in [-0.1, -0.05) is 25.8 Å². The van der Waals surface area contributed by atoms with Crippen molar-refractivity contribution < 1.29 is 9.18 Å². The number of carbonyl (C=O) groups excluding carboxylic acids is 1. The van der Waals surface area contributed by atoms with E-state index in [-0.39, 0.29) is 17.5 Å². The smallest absolute Gasteiger partial charge is 0.258 e. The molecule has 4 heteroatoms. The summed E-state index contributed by atoms with van der Waals surface area (Å²) in [7, 11) is 0. The van der Waals surface area contributed by atoms with E-state index in [1.807, 2.05) is 13.8 Å². The van der Waals surface area contributed by atoms with E-state index in [1.54, 1.807) is 17.0 Å². The lowest BCUT2D eigenvalue weighted by Gasteiger charge is -2.27. The summed E-state index contributed by atoms with van der Waals surface area (Å²) in [5.74, 6) is -0.711. The highest BCUT2D eigenvalue weighted by molar-refractivity contribution is 9.10. The van der Waals surface area contributed by atoms with Crippen molar-refractivity contribution in [1.29, 1.82) is 0 Å². The van der Waals surface area contributed by atoms with Gasteiger partial charge in [-0.15, -0.1) is 0 Å². The van der Waals surface area contributed by atoms with Crippen LogP contribution in [0.3, 0.4) is 0 Å². The molecular weight excluding hydrogens is 309 g/mol. The molecule has 0 fully saturated rings. The summed E-state index contributed by atoms with van der Waals surface area (Å²) in [6, 6.07) is 4.67. The first-order valence-corrected chi connectivity index (χ1v) is 7.53. The Morgan fingerprint density at radius 1 is 1.37 bits per heavy atom. The molecule has 0 bridgehead atoms. The van der Waals surface area contributed by atoms with Crippen molar-refractivity contribution in [1.82, 2.24) is 4.90 Å². The van der Waals surface area contributed by atoms with Crippen LogP contribution in [-0.4, -0.2) is 23.4 Å². The molecule has 0 atom stereocenters. The maximum atomic E-state index is 13.8. The third-order valence-electron chi connectivity index (χ3n) is 3.06. The van der Waals surface area contributed by atoms with Crippen molar-refractivity contribution in [3.63, 3.8) is 0 Å². The molecule has 0 aliphatic rings. The maximum Gasteiger partial charge on any atom is 0.258 e. The molecule has 0 radical (unpaired) electrons. The number of halogens is 2. The van der Waals surface area contributed by atoms with Gasteiger partial charge in [-0.25, -0.2) is 4.39 Å². The molecule has 19 heavy (non-hydrogen) atoms. The molecule has 1 amide bonds. The van der Waals surface area contributed by atoms with E-state index in [0.717, 1.165) is 19.3 Å². The third kappa shape index (κ3) is 4.30. The van der Waals surface area contributed by atoms with Crippen LogP contribution >= 0.6 is 15.9 Å². The van der Waals surface area contributed by atoms with E-state index >= 15 is 0 Å². The first-order chi connectivity index (χ1) is 8.99. The fourth-order valence-corrected chi connectivity index (χ4v) is 2.48. The minimum absolute atomic E-state index is 0.0656. The highest BCUT2D eigenvalue weighted by Gasteiger charge is 2.23. The Morgan fingerprint density at radius 2 is 2.05 bits per heavy atom. The van der Waals surface area contributed by atoms with Crippen LogP contribution in [0.5, 0.6) is 0 Å². The number of unbranched alkanes of at least 4 members (excludes halogenated alkanes) is 2. The Hall–Kier alpha value is -0.900. The first kappa shape index (κ1) is 16.2. The van der Waals surface area contributed by atoms with Crippen molar-refractivity contribution in [3.8, 4) is 0 Å². The molecule has 0 saturated heterocycles. The largest absolute Gasteiger partial charge is 0.336 e. The van der Waals surface area contributed by atoms with Crippen LogP contribution in [0.2, 0.25) is 0 Å². The van der Waals surface area contributed by atoms with Crippen LogP contribution in [0.15, 0.2) is 22.7 Å². The Kier molecular flexibility index (Phi) is 6.49. The molecule has 0 saturated carbocycles. The fraction of sp³-hybridized carbons (Fsp3) is 0.533. The molecule has 0 heterocycles. The van der Waals surface area contributed by atoms with E-state index in [9.17, 15) is 9.18 Å². The zero-order chi connectivity index (χ0) is 14.4. The molecule has 0 aromatic heterocycles. The van der Waals surface area contributed by atoms with Crippen molar-refractivity contribution >= 4 is 21.8 Å². The van der Waals surface area contributed by atoms with Gasteiger partial charge in [0, 0.05) is 17.1 Å². The van der Waals surface area contributed by atoms with E-state index in [4.69, 9.17) is 0 Å². The second kappa shape index (κ2) is 7.63. The Morgan fingerprint density at radius 3 is 2.58 bits per heavy atom. The van der Waals surface area contributed by atoms with E-state index in [1.165, 1.54) is 6.07 Å². The van der Waals surface area contributed by atoms with Crippen LogP contribution < -0.4 is 0 Å². The molecule has 106 valence electrons. The summed E-state index contributed by atoms with van der Waals surface area (Å²) in [6.07, 6.45) is 3.13. The molecule has 0 aliphatic carbocycles. The molecule has 2 nitrogen and oxygen atoms in total. The van der Waals surface area contributed by atoms with Crippen molar-refractivity contribution in [2.75, 3.05) is 6.54 Å². The van der Waals surface area contributed by atoms with Crippen molar-refractivity contribution in [3.05, 3.63) is 34.1 Å². The van der Waals surface area contributed by atoms with Gasteiger partial charge in [0.15, 0.2) is 0 Å². The minimum Gasteiger partial charge on any atom is -0.336 e. The zero-order valence-electron chi connectivity index (χ0n) is 11.7. The number of hydrogen-bond donors (Lipinski definition) is 0. The zero-order valence-corrected chi connectivity index (χ0v) is 13.3. The summed E-state index contributed by atoms with van der Waals surface area (Å²) in [6.45, 7) is 6.71. The average molecular weight is 330 g/mol. The fourth-order valence-electron chi connectivity index (χ4n) is 1.97. The standard InChI is InChI=1S/C15H21BrFNO/c1-4-5-6-10-18(11(2)3)15(19)14-12(16)8-7-9-13(14)17/h7-9,11H,4-6,10H2,1-3H3. The highest BCUT2D eigenvalue weighted by Crippen LogP contribution is 2.22. The second-order valence-corrected chi connectivity index (χ2v) is 5.75. The van der Waals surface area contributed by atoms with Gasteiger partial charge in [-0.05, 0) is 48.3 Å². The summed E-state index contributed by atoms with van der Waals surface area (Å²) >= 11 is 3.26. The van der Waals surface area contributed by atoms with E-state index < -0.39 is 5.82 Å². The molecular formula is C15H21BrFNO. The maximum absolute atomic E-state index is 13.8. The lowest BCUT2D eigenvalue weighted by molar-refractivity contribution is 0.0696. The number of benzene rings is 1. The predicted molar refractivity (Wildman–Crippen MR) is 79.8 cm³/mol. The van der Waals surface area contributed by atoms with Crippen molar-refractivity contribution in [2.24, 2.45) is 0 Å². The molecule has 1 rings (SSSR count). The Bertz CT molecular complexity index is 414. The van der Waals surface area contributed by atoms with E-state index in [2.05, 4.69) is 22.9 Å². The number of carbonyl (C=O) groups is 1. The van der Waals surface area contributed by atoms with Gasteiger partial charge in [-0.2, -0.15) is 0 Å². The third-order valence-corrected chi connectivity index (χ3v) is 3.72. The quantitative estimate of drug-likeness (QED) is 0.697. The van der Waals surface area contributed by atoms with Crippen LogP contribution in [0.25, 0.3) is 0 Å². The normalized spacial score (nSPS) is 10.8. The SMILES string of the molecule is CCCCCN(C(=O)c1c(F)cccc1Br)C(C)C. The lowest BCUT2D eigenvalue weighted by Crippen LogP contribution is -2.38. The van der Waals surface area contributed by atoms with Gasteiger partial charge < -0.3 is 4.90 Å². The molecule has 1 aromatic rings. The van der Waals surface area contributed by atoms with Gasteiger partial charge in [0.05, 0.1) is 5.56 Å². The first-order valence-electron chi connectivity index (χ1n) is 6.74. The monoisotopic (exact) mass is 329 g/mol. The average Bonchev–Trinajstić information content (AvgIpc) is 2.33. The van der Waals surface area contributed by atoms with Crippen molar-refractivity contribution in [2.45, 2.75) is 46.1 Å². The van der Waals surface area contributed by atoms with E-state index in [0.29, 0.717) is 11.0 Å². The van der Waals surface area contributed by atoms with Gasteiger partial charge in [0.2, 0.25) is 0 Å². The molecule has 1 aromatic carbocycles. The second-order valence-electron chi connectivity index (χ2n) is 4.90. The van der Waals surface area contributed by atoms with Crippen LogP contribution in [0.1, 0.15) is 50.4 Å². The molecule has 0 aliphatic heterocycles. The predicted octanol–water partition coefficient (Wildman–Crippen LogP) is 4.63. The summed E-state index contributed by atoms with van der Waals surface area (Å²) in [4.78, 5) is 14.2. The van der Waals surface area contributed by atoms with Crippen LogP contribution in [0.4, 0.5) is 4.39 Å². The Balaban J connectivity index is 2.93. The van der Waals surface area contributed by atoms with Crippen LogP contribution in [0, 0.1) is 5.82 Å². The van der Waals surface area contributed by atoms with Gasteiger partial charge in [-0.3, -0.25) is 4.79 Å². The van der Waals surface area contributed by atoms with Gasteiger partial charge >= 0.3 is 0 Å². The molecule has 0 N–H and O–H groups in total. The number of rotatable bonds is 6. The summed E-state index contributed by atoms with van der Waals surface area (Å²) in [5, 5.41) is 0. The number of amides is 1. The number of hydrogen-bond acceptors (Lipinski definition) is 1.